The molecule has 0 aliphatic carbocycles. The molecule has 1 aromatic rings. The number of hydrogen-bond acceptors (Lipinski definition) is 2. The van der Waals surface area contributed by atoms with Crippen molar-refractivity contribution in [3.05, 3.63) is 35.1 Å². The van der Waals surface area contributed by atoms with E-state index in [1.54, 1.807) is 6.07 Å². The monoisotopic (exact) mass is 231 g/mol. The highest BCUT2D eigenvalue weighted by Gasteiger charge is 2.24. The third-order valence-electron chi connectivity index (χ3n) is 2.28. The van der Waals surface area contributed by atoms with Gasteiger partial charge in [-0.2, -0.15) is 0 Å². The van der Waals surface area contributed by atoms with Crippen molar-refractivity contribution in [2.45, 2.75) is 13.0 Å². The normalized spacial score (nSPS) is 19.1. The Kier molecular flexibility index (Phi) is 3.52. The van der Waals surface area contributed by atoms with Crippen molar-refractivity contribution in [1.29, 1.82) is 0 Å². The zero-order valence-electron chi connectivity index (χ0n) is 8.12. The first-order valence-electron chi connectivity index (χ1n) is 4.36. The standard InChI is InChI=1S/C10H10FNO2.ClH/c1-6-4-7(11)2-3-8(6)9-5-14-10(13)12-9;/h2-4,9H,5H2,1H3,(H,12,13);1H/t9-;/m1./s1. The minimum Gasteiger partial charge on any atom is -0.447 e. The molecular weight excluding hydrogens is 221 g/mol. The first kappa shape index (κ1) is 11.8. The zero-order valence-corrected chi connectivity index (χ0v) is 8.94. The number of nitrogens with one attached hydrogen (secondary N) is 1. The Morgan fingerprint density at radius 3 is 2.80 bits per heavy atom. The van der Waals surface area contributed by atoms with Crippen LogP contribution in [0.4, 0.5) is 9.18 Å². The van der Waals surface area contributed by atoms with E-state index in [-0.39, 0.29) is 24.3 Å². The Bertz CT molecular complexity index is 384. The zero-order chi connectivity index (χ0) is 10.1. The van der Waals surface area contributed by atoms with Gasteiger partial charge in [-0.05, 0) is 30.2 Å². The number of alkyl carbamates (subject to hydrolysis) is 1. The fourth-order valence-electron chi connectivity index (χ4n) is 1.58. The van der Waals surface area contributed by atoms with Crippen LogP contribution in [0.2, 0.25) is 0 Å². The second-order valence-corrected chi connectivity index (χ2v) is 3.30. The molecule has 1 saturated heterocycles. The van der Waals surface area contributed by atoms with Crippen LogP contribution in [0.1, 0.15) is 17.2 Å². The molecule has 2 rings (SSSR count). The van der Waals surface area contributed by atoms with Crippen molar-refractivity contribution < 1.29 is 13.9 Å². The van der Waals surface area contributed by atoms with Crippen molar-refractivity contribution in [3.63, 3.8) is 0 Å². The van der Waals surface area contributed by atoms with Crippen LogP contribution in [-0.2, 0) is 4.74 Å². The van der Waals surface area contributed by atoms with Crippen LogP contribution in [-0.4, -0.2) is 12.7 Å². The lowest BCUT2D eigenvalue weighted by atomic mass is 10.0. The quantitative estimate of drug-likeness (QED) is 0.806. The molecule has 5 heteroatoms. The largest absolute Gasteiger partial charge is 0.447 e. The average molecular weight is 232 g/mol. The number of benzene rings is 1. The summed E-state index contributed by atoms with van der Waals surface area (Å²) in [7, 11) is 0. The minimum absolute atomic E-state index is 0. The van der Waals surface area contributed by atoms with Crippen LogP contribution >= 0.6 is 12.4 Å². The smallest absolute Gasteiger partial charge is 0.407 e. The van der Waals surface area contributed by atoms with E-state index >= 15 is 0 Å². The average Bonchev–Trinajstić information content (AvgIpc) is 2.51. The predicted octanol–water partition coefficient (Wildman–Crippen LogP) is 2.34. The van der Waals surface area contributed by atoms with Crippen molar-refractivity contribution in [3.8, 4) is 0 Å². The fraction of sp³-hybridized carbons (Fsp3) is 0.300. The van der Waals surface area contributed by atoms with Crippen molar-refractivity contribution in [1.82, 2.24) is 5.32 Å². The Morgan fingerprint density at radius 2 is 2.27 bits per heavy atom. The van der Waals surface area contributed by atoms with Gasteiger partial charge in [-0.25, -0.2) is 9.18 Å². The second kappa shape index (κ2) is 4.49. The van der Waals surface area contributed by atoms with Crippen LogP contribution in [0.3, 0.4) is 0 Å². The van der Waals surface area contributed by atoms with E-state index in [0.29, 0.717) is 6.61 Å². The SMILES string of the molecule is Cc1cc(F)ccc1[C@H]1COC(=O)N1.Cl. The van der Waals surface area contributed by atoms with Crippen LogP contribution in [0.15, 0.2) is 18.2 Å². The molecule has 3 nitrogen and oxygen atoms in total. The maximum Gasteiger partial charge on any atom is 0.407 e. The number of ether oxygens (including phenoxy) is 1. The first-order chi connectivity index (χ1) is 6.66. The van der Waals surface area contributed by atoms with E-state index in [1.807, 2.05) is 6.92 Å². The summed E-state index contributed by atoms with van der Waals surface area (Å²) in [4.78, 5) is 10.8. The predicted molar refractivity (Wildman–Crippen MR) is 55.6 cm³/mol. The maximum atomic E-state index is 12.8. The summed E-state index contributed by atoms with van der Waals surface area (Å²) in [5.41, 5.74) is 1.72. The Hall–Kier alpha value is -1.29. The first-order valence-corrected chi connectivity index (χ1v) is 4.36. The summed E-state index contributed by atoms with van der Waals surface area (Å²) in [5, 5.41) is 2.65. The summed E-state index contributed by atoms with van der Waals surface area (Å²) < 4.78 is 17.6. The molecule has 1 fully saturated rings. The van der Waals surface area contributed by atoms with Gasteiger partial charge in [-0.3, -0.25) is 0 Å². The topological polar surface area (TPSA) is 38.3 Å². The van der Waals surface area contributed by atoms with Gasteiger partial charge in [0.1, 0.15) is 12.4 Å². The molecule has 1 aliphatic rings. The lowest BCUT2D eigenvalue weighted by molar-refractivity contribution is 0.177. The van der Waals surface area contributed by atoms with E-state index in [2.05, 4.69) is 5.32 Å². The third kappa shape index (κ3) is 2.39. The lowest BCUT2D eigenvalue weighted by Crippen LogP contribution is -2.19. The molecule has 0 radical (unpaired) electrons. The van der Waals surface area contributed by atoms with Crippen LogP contribution < -0.4 is 5.32 Å². The molecule has 0 unspecified atom stereocenters. The highest BCUT2D eigenvalue weighted by Crippen LogP contribution is 2.22. The molecule has 0 aromatic heterocycles. The molecule has 1 N–H and O–H groups in total. The summed E-state index contributed by atoms with van der Waals surface area (Å²) in [6.45, 7) is 2.12. The molecular formula is C10H11ClFNO2. The number of hydrogen-bond donors (Lipinski definition) is 1. The maximum absolute atomic E-state index is 12.8. The lowest BCUT2D eigenvalue weighted by Gasteiger charge is -2.10. The van der Waals surface area contributed by atoms with Gasteiger partial charge in [0, 0.05) is 0 Å². The Balaban J connectivity index is 0.00000112. The van der Waals surface area contributed by atoms with Gasteiger partial charge in [0.2, 0.25) is 0 Å². The summed E-state index contributed by atoms with van der Waals surface area (Å²) in [6.07, 6.45) is -0.418. The van der Waals surface area contributed by atoms with Gasteiger partial charge in [0.05, 0.1) is 6.04 Å². The molecule has 1 aromatic carbocycles. The van der Waals surface area contributed by atoms with E-state index in [0.717, 1.165) is 11.1 Å². The summed E-state index contributed by atoms with van der Waals surface area (Å²) >= 11 is 0. The number of halogens is 2. The van der Waals surface area contributed by atoms with Crippen LogP contribution in [0.5, 0.6) is 0 Å². The van der Waals surface area contributed by atoms with Gasteiger partial charge in [0.25, 0.3) is 0 Å². The highest BCUT2D eigenvalue weighted by atomic mass is 35.5. The molecule has 1 amide bonds. The van der Waals surface area contributed by atoms with Gasteiger partial charge < -0.3 is 10.1 Å². The third-order valence-corrected chi connectivity index (χ3v) is 2.28. The molecule has 1 heterocycles. The van der Waals surface area contributed by atoms with E-state index < -0.39 is 6.09 Å². The van der Waals surface area contributed by atoms with Crippen LogP contribution in [0, 0.1) is 12.7 Å². The molecule has 0 spiro atoms. The molecule has 82 valence electrons. The molecule has 15 heavy (non-hydrogen) atoms. The van der Waals surface area contributed by atoms with Crippen LogP contribution in [0.25, 0.3) is 0 Å². The Morgan fingerprint density at radius 1 is 1.53 bits per heavy atom. The molecule has 1 atom stereocenters. The van der Waals surface area contributed by atoms with Gasteiger partial charge >= 0.3 is 6.09 Å². The minimum atomic E-state index is -0.418. The number of carbonyl (C=O) groups is 1. The highest BCUT2D eigenvalue weighted by molar-refractivity contribution is 5.85. The number of carbonyl (C=O) groups excluding carboxylic acids is 1. The molecule has 0 bridgehead atoms. The summed E-state index contributed by atoms with van der Waals surface area (Å²) in [6, 6.07) is 4.35. The number of cyclic esters (lactones) is 1. The van der Waals surface area contributed by atoms with E-state index in [1.165, 1.54) is 12.1 Å². The molecule has 0 saturated carbocycles. The second-order valence-electron chi connectivity index (χ2n) is 3.30. The van der Waals surface area contributed by atoms with E-state index in [4.69, 9.17) is 4.74 Å². The van der Waals surface area contributed by atoms with Crippen molar-refractivity contribution in [2.75, 3.05) is 6.61 Å². The Labute approximate surface area is 93.0 Å². The van der Waals surface area contributed by atoms with Crippen molar-refractivity contribution in [2.24, 2.45) is 0 Å². The number of rotatable bonds is 1. The summed E-state index contributed by atoms with van der Waals surface area (Å²) in [5.74, 6) is -0.267. The fourth-order valence-corrected chi connectivity index (χ4v) is 1.58. The van der Waals surface area contributed by atoms with Crippen molar-refractivity contribution >= 4 is 18.5 Å². The van der Waals surface area contributed by atoms with Gasteiger partial charge in [0.15, 0.2) is 0 Å². The van der Waals surface area contributed by atoms with E-state index in [9.17, 15) is 9.18 Å². The van der Waals surface area contributed by atoms with Gasteiger partial charge in [-0.15, -0.1) is 12.4 Å². The number of amides is 1. The molecule has 1 aliphatic heterocycles. The van der Waals surface area contributed by atoms with Gasteiger partial charge in [-0.1, -0.05) is 6.07 Å². The number of aryl methyl sites for hydroxylation is 1.